The summed E-state index contributed by atoms with van der Waals surface area (Å²) < 4.78 is 0. The van der Waals surface area contributed by atoms with Crippen molar-refractivity contribution >= 4 is 24.5 Å². The molecule has 0 fully saturated rings. The van der Waals surface area contributed by atoms with Crippen LogP contribution in [0.1, 0.15) is 0 Å². The first kappa shape index (κ1) is 8.52. The van der Waals surface area contributed by atoms with Crippen LogP contribution in [0.2, 0.25) is 0 Å². The van der Waals surface area contributed by atoms with Crippen molar-refractivity contribution in [2.24, 2.45) is 0 Å². The molecule has 0 saturated carbocycles. The Morgan fingerprint density at radius 3 is 2.43 bits per heavy atom. The van der Waals surface area contributed by atoms with Gasteiger partial charge in [0.15, 0.2) is 0 Å². The van der Waals surface area contributed by atoms with Crippen molar-refractivity contribution in [3.63, 3.8) is 0 Å². The van der Waals surface area contributed by atoms with Gasteiger partial charge in [0.05, 0.1) is 0 Å². The Morgan fingerprint density at radius 2 is 1.50 bits per heavy atom. The first-order valence-electron chi connectivity index (χ1n) is 4.56. The molecule has 0 N–H and O–H groups in total. The van der Waals surface area contributed by atoms with Crippen LogP contribution in [0.3, 0.4) is 0 Å². The summed E-state index contributed by atoms with van der Waals surface area (Å²) in [4.78, 5) is 1.42. The van der Waals surface area contributed by atoms with E-state index in [0.29, 0.717) is 0 Å². The zero-order chi connectivity index (χ0) is 9.38. The van der Waals surface area contributed by atoms with Crippen LogP contribution in [-0.4, -0.2) is 0 Å². The molecule has 3 rings (SSSR count). The monoisotopic (exact) mass is 216 g/mol. The summed E-state index contributed by atoms with van der Waals surface area (Å²) in [5.41, 5.74) is 2.81. The molecule has 1 atom stereocenters. The number of fused-ring (bicyclic) bond motifs is 3. The molecule has 0 aliphatic carbocycles. The maximum Gasteiger partial charge on any atom is 0.0195 e. The molecular formula is C12H9PS. The van der Waals surface area contributed by atoms with Gasteiger partial charge in [-0.1, -0.05) is 53.8 Å². The summed E-state index contributed by atoms with van der Waals surface area (Å²) in [5, 5.41) is 1.48. The molecule has 1 unspecified atom stereocenters. The zero-order valence-corrected chi connectivity index (χ0v) is 9.34. The Balaban J connectivity index is 2.29. The molecule has 0 spiro atoms. The fourth-order valence-corrected chi connectivity index (χ4v) is 4.57. The van der Waals surface area contributed by atoms with Crippen LogP contribution in [0.5, 0.6) is 0 Å². The van der Waals surface area contributed by atoms with Gasteiger partial charge in [0.2, 0.25) is 0 Å². The maximum absolute atomic E-state index is 2.23. The summed E-state index contributed by atoms with van der Waals surface area (Å²) >= 11 is 1.96. The highest BCUT2D eigenvalue weighted by atomic mass is 32.7. The second kappa shape index (κ2) is 3.42. The van der Waals surface area contributed by atoms with Crippen molar-refractivity contribution in [1.29, 1.82) is 0 Å². The van der Waals surface area contributed by atoms with Gasteiger partial charge >= 0.3 is 0 Å². The van der Waals surface area contributed by atoms with Crippen molar-refractivity contribution in [2.45, 2.75) is 4.90 Å². The minimum absolute atomic E-state index is 0.856. The molecule has 0 radical (unpaired) electrons. The van der Waals surface area contributed by atoms with Crippen LogP contribution in [0.25, 0.3) is 11.1 Å². The quantitative estimate of drug-likeness (QED) is 0.605. The molecule has 0 aromatic heterocycles. The lowest BCUT2D eigenvalue weighted by Crippen LogP contribution is -2.01. The van der Waals surface area contributed by atoms with Gasteiger partial charge in [-0.3, -0.25) is 0 Å². The zero-order valence-electron chi connectivity index (χ0n) is 7.53. The normalized spacial score (nSPS) is 14.9. The van der Waals surface area contributed by atoms with Crippen molar-refractivity contribution in [1.82, 2.24) is 0 Å². The van der Waals surface area contributed by atoms with Crippen molar-refractivity contribution < 1.29 is 0 Å². The molecule has 2 heteroatoms. The van der Waals surface area contributed by atoms with Crippen LogP contribution < -0.4 is 5.30 Å². The lowest BCUT2D eigenvalue weighted by Gasteiger charge is -2.18. The van der Waals surface area contributed by atoms with E-state index < -0.39 is 0 Å². The van der Waals surface area contributed by atoms with Gasteiger partial charge in [-0.15, -0.1) is 0 Å². The third kappa shape index (κ3) is 1.28. The second-order valence-corrected chi connectivity index (χ2v) is 5.86. The van der Waals surface area contributed by atoms with Crippen molar-refractivity contribution in [2.75, 3.05) is 0 Å². The molecule has 0 nitrogen and oxygen atoms in total. The van der Waals surface area contributed by atoms with Gasteiger partial charge in [0.1, 0.15) is 0 Å². The van der Waals surface area contributed by atoms with E-state index in [2.05, 4.69) is 48.5 Å². The molecule has 68 valence electrons. The molecule has 1 aliphatic rings. The van der Waals surface area contributed by atoms with E-state index in [1.54, 1.807) is 0 Å². The van der Waals surface area contributed by atoms with E-state index in [1.807, 2.05) is 11.4 Å². The van der Waals surface area contributed by atoms with Gasteiger partial charge in [0, 0.05) is 4.90 Å². The highest BCUT2D eigenvalue weighted by molar-refractivity contribution is 8.51. The smallest absolute Gasteiger partial charge is 0.0195 e. The Hall–Kier alpha value is -0.780. The molecule has 0 bridgehead atoms. The van der Waals surface area contributed by atoms with Crippen LogP contribution in [-0.2, 0) is 0 Å². The maximum atomic E-state index is 2.23. The molecule has 0 saturated heterocycles. The number of hydrogen-bond acceptors (Lipinski definition) is 1. The van der Waals surface area contributed by atoms with Gasteiger partial charge in [-0.2, -0.15) is 0 Å². The topological polar surface area (TPSA) is 0 Å². The van der Waals surface area contributed by atoms with Crippen molar-refractivity contribution in [3.8, 4) is 11.1 Å². The Bertz CT molecular complexity index is 434. The first-order valence-corrected chi connectivity index (χ1v) is 7.10. The minimum atomic E-state index is 0.856. The van der Waals surface area contributed by atoms with E-state index in [1.165, 1.54) is 21.3 Å². The summed E-state index contributed by atoms with van der Waals surface area (Å²) in [5.74, 6) is 0. The average Bonchev–Trinajstić information content (AvgIpc) is 2.29. The number of hydrogen-bond donors (Lipinski definition) is 0. The van der Waals surface area contributed by atoms with E-state index in [9.17, 15) is 0 Å². The predicted octanol–water partition coefficient (Wildman–Crippen LogP) is 3.68. The third-order valence-electron chi connectivity index (χ3n) is 2.38. The Morgan fingerprint density at radius 1 is 0.786 bits per heavy atom. The van der Waals surface area contributed by atoms with Crippen LogP contribution >= 0.6 is 19.2 Å². The molecular weight excluding hydrogens is 207 g/mol. The standard InChI is InChI=1S/C12H9PS/c1-3-7-11-9(5-1)10-6-2-4-8-12(10)14-13-11/h1-8,13H. The van der Waals surface area contributed by atoms with Gasteiger partial charge in [-0.05, 0) is 30.3 Å². The SMILES string of the molecule is c1ccc2c(c1)PSc1ccccc1-2. The molecule has 1 heterocycles. The van der Waals surface area contributed by atoms with Gasteiger partial charge in [-0.25, -0.2) is 0 Å². The highest BCUT2D eigenvalue weighted by Gasteiger charge is 2.14. The second-order valence-electron chi connectivity index (χ2n) is 3.25. The number of benzene rings is 2. The first-order chi connectivity index (χ1) is 6.95. The summed E-state index contributed by atoms with van der Waals surface area (Å²) in [6.07, 6.45) is 0. The van der Waals surface area contributed by atoms with Crippen LogP contribution in [0.4, 0.5) is 0 Å². The predicted molar refractivity (Wildman–Crippen MR) is 65.7 cm³/mol. The minimum Gasteiger partial charge on any atom is -0.0964 e. The molecule has 0 amide bonds. The molecule has 2 aromatic rings. The van der Waals surface area contributed by atoms with E-state index in [-0.39, 0.29) is 0 Å². The van der Waals surface area contributed by atoms with Crippen molar-refractivity contribution in [3.05, 3.63) is 48.5 Å². The Kier molecular flexibility index (Phi) is 2.08. The number of rotatable bonds is 0. The van der Waals surface area contributed by atoms with Crippen LogP contribution in [0, 0.1) is 0 Å². The average molecular weight is 216 g/mol. The van der Waals surface area contributed by atoms with E-state index in [4.69, 9.17) is 0 Å². The van der Waals surface area contributed by atoms with Gasteiger partial charge in [0.25, 0.3) is 0 Å². The lowest BCUT2D eigenvalue weighted by atomic mass is 10.1. The van der Waals surface area contributed by atoms with Crippen LogP contribution in [0.15, 0.2) is 53.4 Å². The van der Waals surface area contributed by atoms with Gasteiger partial charge < -0.3 is 0 Å². The fourth-order valence-electron chi connectivity index (χ4n) is 1.70. The Labute approximate surface area is 89.3 Å². The van der Waals surface area contributed by atoms with E-state index in [0.717, 1.165) is 7.78 Å². The molecule has 14 heavy (non-hydrogen) atoms. The molecule has 2 aromatic carbocycles. The summed E-state index contributed by atoms with van der Waals surface area (Å²) in [6.45, 7) is 0. The lowest BCUT2D eigenvalue weighted by molar-refractivity contribution is 1.46. The van der Waals surface area contributed by atoms with E-state index >= 15 is 0 Å². The fraction of sp³-hybridized carbons (Fsp3) is 0. The summed E-state index contributed by atoms with van der Waals surface area (Å²) in [6, 6.07) is 17.4. The summed E-state index contributed by atoms with van der Waals surface area (Å²) in [7, 11) is 0.856. The molecule has 1 aliphatic heterocycles. The highest BCUT2D eigenvalue weighted by Crippen LogP contribution is 2.47. The largest absolute Gasteiger partial charge is 0.0964 e. The third-order valence-corrected chi connectivity index (χ3v) is 5.33.